The average Bonchev–Trinajstić information content (AvgIpc) is 3.33. The summed E-state index contributed by atoms with van der Waals surface area (Å²) in [6.45, 7) is -3.21. The fraction of sp³-hybridized carbons (Fsp3) is 0.812. The molecule has 0 radical (unpaired) electrons. The molecule has 1 fully saturated rings. The summed E-state index contributed by atoms with van der Waals surface area (Å²) in [6.07, 6.45) is 7.57. The van der Waals surface area contributed by atoms with Crippen molar-refractivity contribution in [3.8, 4) is 0 Å². The Hall–Kier alpha value is -1.59. The SMILES string of the molecule is [2H]C([2H])([2H])N1CC(=O)OC(C2CC2)CCCCCCCC(=O)N=C1N. The van der Waals surface area contributed by atoms with Crippen LogP contribution in [0.15, 0.2) is 4.99 Å². The van der Waals surface area contributed by atoms with Gasteiger partial charge in [0.05, 0.1) is 0 Å². The van der Waals surface area contributed by atoms with Gasteiger partial charge in [0.25, 0.3) is 0 Å². The molecular formula is C16H27N3O3. The van der Waals surface area contributed by atoms with Crippen LogP contribution in [0.5, 0.6) is 0 Å². The lowest BCUT2D eigenvalue weighted by Crippen LogP contribution is -2.39. The summed E-state index contributed by atoms with van der Waals surface area (Å²) < 4.78 is 28.2. The van der Waals surface area contributed by atoms with Gasteiger partial charge in [-0.2, -0.15) is 4.99 Å². The molecule has 0 bridgehead atoms. The lowest BCUT2D eigenvalue weighted by molar-refractivity contribution is -0.150. The zero-order valence-electron chi connectivity index (χ0n) is 15.9. The topological polar surface area (TPSA) is 85.0 Å². The van der Waals surface area contributed by atoms with Crippen LogP contribution < -0.4 is 5.73 Å². The van der Waals surface area contributed by atoms with Crippen molar-refractivity contribution in [3.05, 3.63) is 0 Å². The Labute approximate surface area is 136 Å². The van der Waals surface area contributed by atoms with Crippen molar-refractivity contribution in [2.24, 2.45) is 16.6 Å². The highest BCUT2D eigenvalue weighted by molar-refractivity contribution is 5.93. The number of carbonyl (C=O) groups is 2. The first-order valence-corrected chi connectivity index (χ1v) is 8.11. The summed E-state index contributed by atoms with van der Waals surface area (Å²) in [7, 11) is 0. The molecule has 0 aromatic carbocycles. The summed E-state index contributed by atoms with van der Waals surface area (Å²) in [4.78, 5) is 28.4. The molecule has 6 heteroatoms. The number of rotatable bonds is 1. The number of esters is 1. The number of guanidine groups is 1. The van der Waals surface area contributed by atoms with Crippen LogP contribution in [0.2, 0.25) is 0 Å². The molecule has 0 aromatic heterocycles. The smallest absolute Gasteiger partial charge is 0.325 e. The zero-order valence-corrected chi connectivity index (χ0v) is 12.9. The molecule has 1 aliphatic carbocycles. The van der Waals surface area contributed by atoms with E-state index in [-0.39, 0.29) is 12.5 Å². The molecule has 1 atom stereocenters. The normalized spacial score (nSPS) is 29.3. The molecular weight excluding hydrogens is 282 g/mol. The van der Waals surface area contributed by atoms with Gasteiger partial charge in [0.15, 0.2) is 5.96 Å². The van der Waals surface area contributed by atoms with E-state index < -0.39 is 31.4 Å². The number of hydrogen-bond donors (Lipinski definition) is 1. The average molecular weight is 312 g/mol. The van der Waals surface area contributed by atoms with Crippen molar-refractivity contribution < 1.29 is 18.4 Å². The fourth-order valence-electron chi connectivity index (χ4n) is 2.67. The maximum atomic E-state index is 12.2. The largest absolute Gasteiger partial charge is 0.461 e. The van der Waals surface area contributed by atoms with E-state index in [1.165, 1.54) is 0 Å². The number of nitrogens with zero attached hydrogens (tertiary/aromatic N) is 2. The van der Waals surface area contributed by atoms with Gasteiger partial charge in [-0.25, -0.2) is 0 Å². The molecule has 2 aliphatic rings. The first kappa shape index (κ1) is 12.9. The first-order valence-electron chi connectivity index (χ1n) is 9.61. The monoisotopic (exact) mass is 312 g/mol. The van der Waals surface area contributed by atoms with Crippen LogP contribution in [-0.2, 0) is 14.3 Å². The summed E-state index contributed by atoms with van der Waals surface area (Å²) >= 11 is 0. The van der Waals surface area contributed by atoms with E-state index in [9.17, 15) is 9.59 Å². The first-order chi connectivity index (χ1) is 11.8. The van der Waals surface area contributed by atoms with Gasteiger partial charge in [0, 0.05) is 17.5 Å². The van der Waals surface area contributed by atoms with Gasteiger partial charge in [-0.15, -0.1) is 0 Å². The maximum Gasteiger partial charge on any atom is 0.325 e. The Balaban J connectivity index is 2.13. The Kier molecular flexibility index (Phi) is 4.78. The quantitative estimate of drug-likeness (QED) is 0.747. The zero-order chi connectivity index (χ0) is 18.4. The molecule has 6 nitrogen and oxygen atoms in total. The minimum Gasteiger partial charge on any atom is -0.461 e. The van der Waals surface area contributed by atoms with Crippen molar-refractivity contribution in [1.29, 1.82) is 0 Å². The predicted octanol–water partition coefficient (Wildman–Crippen LogP) is 1.83. The third-order valence-corrected chi connectivity index (χ3v) is 4.11. The number of ether oxygens (including phenoxy) is 1. The van der Waals surface area contributed by atoms with Crippen LogP contribution in [0.25, 0.3) is 0 Å². The Morgan fingerprint density at radius 2 is 1.91 bits per heavy atom. The third-order valence-electron chi connectivity index (χ3n) is 4.11. The second-order valence-corrected chi connectivity index (χ2v) is 6.12. The van der Waals surface area contributed by atoms with E-state index in [4.69, 9.17) is 14.6 Å². The van der Waals surface area contributed by atoms with E-state index in [2.05, 4.69) is 4.99 Å². The van der Waals surface area contributed by atoms with Gasteiger partial charge < -0.3 is 15.4 Å². The fourth-order valence-corrected chi connectivity index (χ4v) is 2.67. The Morgan fingerprint density at radius 3 is 2.64 bits per heavy atom. The second kappa shape index (κ2) is 8.15. The van der Waals surface area contributed by atoms with E-state index in [1.807, 2.05) is 0 Å². The molecule has 0 aromatic rings. The maximum absolute atomic E-state index is 12.2. The third kappa shape index (κ3) is 5.66. The van der Waals surface area contributed by atoms with Gasteiger partial charge in [-0.1, -0.05) is 19.3 Å². The summed E-state index contributed by atoms with van der Waals surface area (Å²) in [5.41, 5.74) is 5.69. The minimum atomic E-state index is -2.67. The van der Waals surface area contributed by atoms with E-state index >= 15 is 0 Å². The molecule has 2 rings (SSSR count). The number of hydrogen-bond acceptors (Lipinski definition) is 5. The van der Waals surface area contributed by atoms with Gasteiger partial charge >= 0.3 is 5.97 Å². The van der Waals surface area contributed by atoms with Crippen LogP contribution in [0, 0.1) is 5.92 Å². The molecule has 1 amide bonds. The van der Waals surface area contributed by atoms with E-state index in [0.717, 1.165) is 44.9 Å². The molecule has 1 unspecified atom stereocenters. The van der Waals surface area contributed by atoms with Gasteiger partial charge in [-0.3, -0.25) is 9.59 Å². The molecule has 1 saturated carbocycles. The molecule has 124 valence electrons. The van der Waals surface area contributed by atoms with Crippen molar-refractivity contribution in [1.82, 2.24) is 4.90 Å². The minimum absolute atomic E-state index is 0.157. The number of likely N-dealkylation sites (N-methyl/N-ethyl adjacent to an activating group) is 1. The highest BCUT2D eigenvalue weighted by Gasteiger charge is 2.33. The van der Waals surface area contributed by atoms with Crippen molar-refractivity contribution in [2.75, 3.05) is 13.5 Å². The predicted molar refractivity (Wildman–Crippen MR) is 84.2 cm³/mol. The van der Waals surface area contributed by atoms with Crippen LogP contribution in [-0.4, -0.2) is 42.4 Å². The summed E-state index contributed by atoms with van der Waals surface area (Å²) in [5.74, 6) is -1.19. The molecule has 0 spiro atoms. The molecule has 22 heavy (non-hydrogen) atoms. The van der Waals surface area contributed by atoms with Crippen LogP contribution in [0.3, 0.4) is 0 Å². The Morgan fingerprint density at radius 1 is 1.18 bits per heavy atom. The van der Waals surface area contributed by atoms with Crippen molar-refractivity contribution >= 4 is 17.8 Å². The highest BCUT2D eigenvalue weighted by atomic mass is 16.5. The lowest BCUT2D eigenvalue weighted by atomic mass is 10.0. The highest BCUT2D eigenvalue weighted by Crippen LogP contribution is 2.36. The Bertz CT molecular complexity index is 518. The van der Waals surface area contributed by atoms with Crippen molar-refractivity contribution in [3.63, 3.8) is 0 Å². The number of cyclic esters (lactones) is 1. The lowest BCUT2D eigenvalue weighted by Gasteiger charge is -2.21. The molecule has 2 N–H and O–H groups in total. The molecule has 0 saturated heterocycles. The molecule has 1 heterocycles. The summed E-state index contributed by atoms with van der Waals surface area (Å²) in [6, 6.07) is 0. The van der Waals surface area contributed by atoms with Crippen LogP contribution in [0.1, 0.15) is 61.9 Å². The van der Waals surface area contributed by atoms with Crippen LogP contribution in [0.4, 0.5) is 0 Å². The van der Waals surface area contributed by atoms with Crippen LogP contribution >= 0.6 is 0 Å². The number of amides is 1. The number of carbonyl (C=O) groups excluding carboxylic acids is 2. The number of nitrogens with two attached hydrogens (primary N) is 1. The number of aliphatic imine (C=N–C) groups is 1. The standard InChI is InChI=1S/C16H27N3O3/c1-19-11-15(21)22-13(12-9-10-12)7-5-3-2-4-6-8-14(20)18-16(19)17/h12-13H,2-11H2,1H3,(H2,17,18,20)/i1D3. The van der Waals surface area contributed by atoms with E-state index in [0.29, 0.717) is 17.2 Å². The van der Waals surface area contributed by atoms with Gasteiger partial charge in [0.2, 0.25) is 5.91 Å². The van der Waals surface area contributed by atoms with Gasteiger partial charge in [-0.05, 0) is 38.0 Å². The second-order valence-electron chi connectivity index (χ2n) is 6.12. The van der Waals surface area contributed by atoms with Crippen molar-refractivity contribution in [2.45, 2.75) is 63.9 Å². The van der Waals surface area contributed by atoms with Gasteiger partial charge in [0.1, 0.15) is 12.6 Å². The molecule has 1 aliphatic heterocycles. The summed E-state index contributed by atoms with van der Waals surface area (Å²) in [5, 5.41) is 0. The van der Waals surface area contributed by atoms with E-state index in [1.54, 1.807) is 0 Å².